The standard InChI is InChI=1S/C19H17FN2O2/c1-11-16(9-13-7-8-14(20)10-18(13)21-11)19(24)22-17-6-4-3-5-15(17)12(2)23/h3-10,12,23H,1-2H3,(H,22,24). The molecule has 0 radical (unpaired) electrons. The van der Waals surface area contributed by atoms with Crippen molar-refractivity contribution >= 4 is 22.5 Å². The summed E-state index contributed by atoms with van der Waals surface area (Å²) in [5.74, 6) is -0.684. The minimum Gasteiger partial charge on any atom is -0.389 e. The molecule has 4 nitrogen and oxygen atoms in total. The molecule has 0 aliphatic rings. The monoisotopic (exact) mass is 324 g/mol. The Morgan fingerprint density at radius 1 is 1.21 bits per heavy atom. The maximum atomic E-state index is 13.3. The third-order valence-electron chi connectivity index (χ3n) is 3.87. The number of nitrogens with one attached hydrogen (secondary N) is 1. The first-order valence-corrected chi connectivity index (χ1v) is 7.61. The number of amides is 1. The van der Waals surface area contributed by atoms with Gasteiger partial charge in [0.05, 0.1) is 22.9 Å². The van der Waals surface area contributed by atoms with Gasteiger partial charge < -0.3 is 10.4 Å². The molecule has 1 unspecified atom stereocenters. The van der Waals surface area contributed by atoms with E-state index in [1.165, 1.54) is 12.1 Å². The van der Waals surface area contributed by atoms with Crippen LogP contribution in [0.4, 0.5) is 10.1 Å². The Hall–Kier alpha value is -2.79. The van der Waals surface area contributed by atoms with Crippen LogP contribution in [-0.4, -0.2) is 16.0 Å². The summed E-state index contributed by atoms with van der Waals surface area (Å²) < 4.78 is 13.3. The molecule has 1 heterocycles. The SMILES string of the molecule is Cc1nc2cc(F)ccc2cc1C(=O)Nc1ccccc1C(C)O. The number of benzene rings is 2. The second-order valence-corrected chi connectivity index (χ2v) is 5.68. The van der Waals surface area contributed by atoms with Gasteiger partial charge in [-0.25, -0.2) is 4.39 Å². The predicted molar refractivity (Wildman–Crippen MR) is 91.5 cm³/mol. The fourth-order valence-electron chi connectivity index (χ4n) is 2.63. The van der Waals surface area contributed by atoms with Crippen molar-refractivity contribution in [2.24, 2.45) is 0 Å². The number of aliphatic hydroxyl groups excluding tert-OH is 1. The van der Waals surface area contributed by atoms with Crippen molar-refractivity contribution in [3.63, 3.8) is 0 Å². The first-order valence-electron chi connectivity index (χ1n) is 7.61. The number of rotatable bonds is 3. The second-order valence-electron chi connectivity index (χ2n) is 5.68. The highest BCUT2D eigenvalue weighted by molar-refractivity contribution is 6.07. The zero-order valence-electron chi connectivity index (χ0n) is 13.4. The van der Waals surface area contributed by atoms with Gasteiger partial charge in [0.15, 0.2) is 0 Å². The van der Waals surface area contributed by atoms with Crippen LogP contribution in [0.25, 0.3) is 10.9 Å². The molecule has 0 saturated carbocycles. The Morgan fingerprint density at radius 2 is 1.96 bits per heavy atom. The van der Waals surface area contributed by atoms with Crippen molar-refractivity contribution in [2.45, 2.75) is 20.0 Å². The molecule has 5 heteroatoms. The van der Waals surface area contributed by atoms with E-state index in [1.807, 2.05) is 0 Å². The van der Waals surface area contributed by atoms with E-state index in [9.17, 15) is 14.3 Å². The maximum Gasteiger partial charge on any atom is 0.257 e. The number of aryl methyl sites for hydroxylation is 1. The van der Waals surface area contributed by atoms with Gasteiger partial charge in [-0.05, 0) is 38.1 Å². The van der Waals surface area contributed by atoms with E-state index in [-0.39, 0.29) is 11.7 Å². The van der Waals surface area contributed by atoms with Gasteiger partial charge in [0, 0.05) is 22.7 Å². The number of fused-ring (bicyclic) bond motifs is 1. The average molecular weight is 324 g/mol. The molecule has 0 fully saturated rings. The fourth-order valence-corrected chi connectivity index (χ4v) is 2.63. The molecule has 1 amide bonds. The summed E-state index contributed by atoms with van der Waals surface area (Å²) in [4.78, 5) is 16.9. The number of halogens is 1. The van der Waals surface area contributed by atoms with E-state index < -0.39 is 6.10 Å². The van der Waals surface area contributed by atoms with Gasteiger partial charge in [-0.2, -0.15) is 0 Å². The number of carbonyl (C=O) groups excluding carboxylic acids is 1. The van der Waals surface area contributed by atoms with Crippen LogP contribution in [0.2, 0.25) is 0 Å². The molecule has 0 aliphatic carbocycles. The van der Waals surface area contributed by atoms with Crippen LogP contribution < -0.4 is 5.32 Å². The summed E-state index contributed by atoms with van der Waals surface area (Å²) in [5.41, 5.74) is 2.62. The van der Waals surface area contributed by atoms with Crippen LogP contribution >= 0.6 is 0 Å². The number of hydrogen-bond acceptors (Lipinski definition) is 3. The summed E-state index contributed by atoms with van der Waals surface area (Å²) in [7, 11) is 0. The molecule has 24 heavy (non-hydrogen) atoms. The first kappa shape index (κ1) is 16.1. The van der Waals surface area contributed by atoms with Crippen molar-refractivity contribution < 1.29 is 14.3 Å². The highest BCUT2D eigenvalue weighted by Crippen LogP contribution is 2.24. The Morgan fingerprint density at radius 3 is 2.71 bits per heavy atom. The Kier molecular flexibility index (Phi) is 4.27. The molecule has 0 bridgehead atoms. The van der Waals surface area contributed by atoms with Crippen LogP contribution in [-0.2, 0) is 0 Å². The summed E-state index contributed by atoms with van der Waals surface area (Å²) in [6.07, 6.45) is -0.694. The lowest BCUT2D eigenvalue weighted by molar-refractivity contribution is 0.102. The van der Waals surface area contributed by atoms with Crippen molar-refractivity contribution in [3.05, 3.63) is 71.2 Å². The van der Waals surface area contributed by atoms with Crippen LogP contribution in [0.5, 0.6) is 0 Å². The minimum absolute atomic E-state index is 0.320. The van der Waals surface area contributed by atoms with Crippen molar-refractivity contribution in [3.8, 4) is 0 Å². The number of hydrogen-bond donors (Lipinski definition) is 2. The van der Waals surface area contributed by atoms with Gasteiger partial charge >= 0.3 is 0 Å². The highest BCUT2D eigenvalue weighted by Gasteiger charge is 2.15. The number of aromatic nitrogens is 1. The zero-order valence-corrected chi connectivity index (χ0v) is 13.4. The molecule has 3 rings (SSSR count). The van der Waals surface area contributed by atoms with Crippen LogP contribution in [0, 0.1) is 12.7 Å². The fraction of sp³-hybridized carbons (Fsp3) is 0.158. The minimum atomic E-state index is -0.694. The number of pyridine rings is 1. The third-order valence-corrected chi connectivity index (χ3v) is 3.87. The van der Waals surface area contributed by atoms with Crippen molar-refractivity contribution in [2.75, 3.05) is 5.32 Å². The molecule has 2 aromatic carbocycles. The summed E-state index contributed by atoms with van der Waals surface area (Å²) >= 11 is 0. The number of anilines is 1. The Labute approximate surface area is 139 Å². The van der Waals surface area contributed by atoms with E-state index in [0.29, 0.717) is 33.4 Å². The molecular formula is C19H17FN2O2. The molecule has 1 atom stereocenters. The number of carbonyl (C=O) groups is 1. The van der Waals surface area contributed by atoms with Crippen molar-refractivity contribution in [1.82, 2.24) is 4.98 Å². The smallest absolute Gasteiger partial charge is 0.257 e. The van der Waals surface area contributed by atoms with E-state index in [2.05, 4.69) is 10.3 Å². The first-order chi connectivity index (χ1) is 11.5. The molecule has 122 valence electrons. The molecule has 0 saturated heterocycles. The lowest BCUT2D eigenvalue weighted by Crippen LogP contribution is -2.16. The Balaban J connectivity index is 1.97. The van der Waals surface area contributed by atoms with Gasteiger partial charge in [-0.3, -0.25) is 9.78 Å². The molecule has 1 aromatic heterocycles. The van der Waals surface area contributed by atoms with Crippen molar-refractivity contribution in [1.29, 1.82) is 0 Å². The lowest BCUT2D eigenvalue weighted by Gasteiger charge is -2.14. The molecule has 3 aromatic rings. The number of para-hydroxylation sites is 1. The summed E-state index contributed by atoms with van der Waals surface area (Å²) in [6, 6.07) is 13.0. The third kappa shape index (κ3) is 3.12. The average Bonchev–Trinajstić information content (AvgIpc) is 2.54. The van der Waals surface area contributed by atoms with Gasteiger partial charge in [-0.1, -0.05) is 18.2 Å². The van der Waals surface area contributed by atoms with E-state index in [4.69, 9.17) is 0 Å². The van der Waals surface area contributed by atoms with Gasteiger partial charge in [0.1, 0.15) is 5.82 Å². The van der Waals surface area contributed by atoms with Gasteiger partial charge in [0.25, 0.3) is 5.91 Å². The van der Waals surface area contributed by atoms with Crippen LogP contribution in [0.15, 0.2) is 48.5 Å². The highest BCUT2D eigenvalue weighted by atomic mass is 19.1. The molecule has 2 N–H and O–H groups in total. The van der Waals surface area contributed by atoms with Crippen LogP contribution in [0.3, 0.4) is 0 Å². The zero-order chi connectivity index (χ0) is 17.3. The summed E-state index contributed by atoms with van der Waals surface area (Å²) in [5, 5.41) is 13.3. The maximum absolute atomic E-state index is 13.3. The van der Waals surface area contributed by atoms with Gasteiger partial charge in [-0.15, -0.1) is 0 Å². The second kappa shape index (κ2) is 6.37. The predicted octanol–water partition coefficient (Wildman–Crippen LogP) is 3.99. The molecule has 0 spiro atoms. The van der Waals surface area contributed by atoms with Crippen LogP contribution in [0.1, 0.15) is 34.6 Å². The molecule has 0 aliphatic heterocycles. The van der Waals surface area contributed by atoms with E-state index >= 15 is 0 Å². The largest absolute Gasteiger partial charge is 0.389 e. The lowest BCUT2D eigenvalue weighted by atomic mass is 10.1. The Bertz CT molecular complexity index is 922. The van der Waals surface area contributed by atoms with Gasteiger partial charge in [0.2, 0.25) is 0 Å². The molecular weight excluding hydrogens is 307 g/mol. The normalized spacial score (nSPS) is 12.2. The number of aliphatic hydroxyl groups is 1. The summed E-state index contributed by atoms with van der Waals surface area (Å²) in [6.45, 7) is 3.35. The van der Waals surface area contributed by atoms with E-state index in [0.717, 1.165) is 0 Å². The quantitative estimate of drug-likeness (QED) is 0.766. The topological polar surface area (TPSA) is 62.2 Å². The van der Waals surface area contributed by atoms with E-state index in [1.54, 1.807) is 50.2 Å². The number of nitrogens with zero attached hydrogens (tertiary/aromatic N) is 1.